The molecule has 0 aliphatic rings. The van der Waals surface area contributed by atoms with Crippen LogP contribution in [-0.2, 0) is 6.54 Å². The van der Waals surface area contributed by atoms with Crippen molar-refractivity contribution in [3.8, 4) is 5.75 Å². The predicted octanol–water partition coefficient (Wildman–Crippen LogP) is 1.28. The molecule has 0 bridgehead atoms. The zero-order valence-corrected chi connectivity index (χ0v) is 8.75. The van der Waals surface area contributed by atoms with Crippen LogP contribution in [0.5, 0.6) is 5.75 Å². The van der Waals surface area contributed by atoms with E-state index in [-0.39, 0.29) is 6.61 Å². The molecule has 0 fully saturated rings. The lowest BCUT2D eigenvalue weighted by atomic mass is 10.2. The normalized spacial score (nSPS) is 10.1. The van der Waals surface area contributed by atoms with E-state index in [4.69, 9.17) is 15.6 Å². The summed E-state index contributed by atoms with van der Waals surface area (Å²) in [7, 11) is 0. The SMILES string of the molecule is NCc1ccc(OCCO)c(Br)c1. The molecule has 3 N–H and O–H groups in total. The van der Waals surface area contributed by atoms with E-state index in [1.807, 2.05) is 18.2 Å². The van der Waals surface area contributed by atoms with Gasteiger partial charge in [-0.3, -0.25) is 0 Å². The fourth-order valence-corrected chi connectivity index (χ4v) is 1.48. The first kappa shape index (κ1) is 10.5. The van der Waals surface area contributed by atoms with Gasteiger partial charge in [-0.05, 0) is 33.6 Å². The highest BCUT2D eigenvalue weighted by atomic mass is 79.9. The third kappa shape index (κ3) is 2.99. The maximum Gasteiger partial charge on any atom is 0.133 e. The molecule has 0 aliphatic carbocycles. The van der Waals surface area contributed by atoms with Crippen LogP contribution >= 0.6 is 15.9 Å². The molecular weight excluding hydrogens is 234 g/mol. The van der Waals surface area contributed by atoms with Gasteiger partial charge in [0, 0.05) is 6.54 Å². The number of nitrogens with two attached hydrogens (primary N) is 1. The highest BCUT2D eigenvalue weighted by Crippen LogP contribution is 2.25. The number of halogens is 1. The van der Waals surface area contributed by atoms with Gasteiger partial charge in [-0.25, -0.2) is 0 Å². The van der Waals surface area contributed by atoms with Gasteiger partial charge in [-0.15, -0.1) is 0 Å². The van der Waals surface area contributed by atoms with Gasteiger partial charge in [-0.2, -0.15) is 0 Å². The largest absolute Gasteiger partial charge is 0.490 e. The van der Waals surface area contributed by atoms with E-state index in [2.05, 4.69) is 15.9 Å². The summed E-state index contributed by atoms with van der Waals surface area (Å²) in [6, 6.07) is 5.64. The van der Waals surface area contributed by atoms with Gasteiger partial charge in [0.2, 0.25) is 0 Å². The topological polar surface area (TPSA) is 55.5 Å². The summed E-state index contributed by atoms with van der Waals surface area (Å²) in [4.78, 5) is 0. The molecule has 1 rings (SSSR count). The van der Waals surface area contributed by atoms with Crippen LogP contribution in [0, 0.1) is 0 Å². The Balaban J connectivity index is 2.73. The highest BCUT2D eigenvalue weighted by Gasteiger charge is 2.00. The van der Waals surface area contributed by atoms with E-state index in [1.165, 1.54) is 0 Å². The van der Waals surface area contributed by atoms with Crippen molar-refractivity contribution in [2.45, 2.75) is 6.54 Å². The van der Waals surface area contributed by atoms with Crippen LogP contribution in [0.2, 0.25) is 0 Å². The second-order valence-electron chi connectivity index (χ2n) is 2.54. The van der Waals surface area contributed by atoms with E-state index < -0.39 is 0 Å². The molecule has 0 aromatic heterocycles. The Bertz CT molecular complexity index is 278. The second-order valence-corrected chi connectivity index (χ2v) is 3.40. The fourth-order valence-electron chi connectivity index (χ4n) is 0.944. The van der Waals surface area contributed by atoms with Crippen LogP contribution in [0.4, 0.5) is 0 Å². The Morgan fingerprint density at radius 2 is 2.23 bits per heavy atom. The van der Waals surface area contributed by atoms with E-state index >= 15 is 0 Å². The molecule has 0 saturated heterocycles. The van der Waals surface area contributed by atoms with Crippen LogP contribution in [0.1, 0.15) is 5.56 Å². The molecule has 0 aliphatic heterocycles. The van der Waals surface area contributed by atoms with E-state index in [0.717, 1.165) is 15.8 Å². The van der Waals surface area contributed by atoms with Crippen LogP contribution in [0.3, 0.4) is 0 Å². The minimum Gasteiger partial charge on any atom is -0.490 e. The van der Waals surface area contributed by atoms with E-state index in [9.17, 15) is 0 Å². The average Bonchev–Trinajstić information content (AvgIpc) is 2.16. The van der Waals surface area contributed by atoms with Gasteiger partial charge in [0.1, 0.15) is 12.4 Å². The molecule has 72 valence electrons. The lowest BCUT2D eigenvalue weighted by Crippen LogP contribution is -2.03. The summed E-state index contributed by atoms with van der Waals surface area (Å²) >= 11 is 3.36. The second kappa shape index (κ2) is 5.21. The first-order chi connectivity index (χ1) is 6.27. The van der Waals surface area contributed by atoms with Crippen molar-refractivity contribution in [1.82, 2.24) is 0 Å². The molecule has 13 heavy (non-hydrogen) atoms. The number of benzene rings is 1. The van der Waals surface area contributed by atoms with Crippen molar-refractivity contribution in [3.63, 3.8) is 0 Å². The molecule has 1 aromatic carbocycles. The summed E-state index contributed by atoms with van der Waals surface area (Å²) in [6.45, 7) is 0.838. The molecule has 3 nitrogen and oxygen atoms in total. The van der Waals surface area contributed by atoms with Gasteiger partial charge >= 0.3 is 0 Å². The molecule has 0 amide bonds. The maximum absolute atomic E-state index is 8.56. The summed E-state index contributed by atoms with van der Waals surface area (Å²) < 4.78 is 6.11. The van der Waals surface area contributed by atoms with Crippen molar-refractivity contribution >= 4 is 15.9 Å². The molecule has 1 aromatic rings. The van der Waals surface area contributed by atoms with Crippen molar-refractivity contribution in [2.75, 3.05) is 13.2 Å². The zero-order valence-electron chi connectivity index (χ0n) is 7.16. The molecular formula is C9H12BrNO2. The van der Waals surface area contributed by atoms with E-state index in [1.54, 1.807) is 0 Å². The Morgan fingerprint density at radius 3 is 2.77 bits per heavy atom. The molecule has 0 radical (unpaired) electrons. The Labute approximate surface area is 85.6 Å². The minimum absolute atomic E-state index is 0.0189. The minimum atomic E-state index is 0.0189. The molecule has 0 saturated carbocycles. The standard InChI is InChI=1S/C9H12BrNO2/c10-8-5-7(6-11)1-2-9(8)13-4-3-12/h1-2,5,12H,3-4,6,11H2. The van der Waals surface area contributed by atoms with Crippen molar-refractivity contribution < 1.29 is 9.84 Å². The molecule has 0 spiro atoms. The van der Waals surface area contributed by atoms with Crippen molar-refractivity contribution in [3.05, 3.63) is 28.2 Å². The van der Waals surface area contributed by atoms with E-state index in [0.29, 0.717) is 13.2 Å². The number of aliphatic hydroxyl groups excluding tert-OH is 1. The molecule has 0 unspecified atom stereocenters. The number of rotatable bonds is 4. The quantitative estimate of drug-likeness (QED) is 0.841. The van der Waals surface area contributed by atoms with Gasteiger partial charge in [0.25, 0.3) is 0 Å². The molecule has 0 atom stereocenters. The Morgan fingerprint density at radius 1 is 1.46 bits per heavy atom. The summed E-state index contributed by atoms with van der Waals surface area (Å²) in [5.74, 6) is 0.728. The summed E-state index contributed by atoms with van der Waals surface area (Å²) in [5.41, 5.74) is 6.51. The molecule has 0 heterocycles. The summed E-state index contributed by atoms with van der Waals surface area (Å²) in [5, 5.41) is 8.56. The molecule has 4 heteroatoms. The Kier molecular flexibility index (Phi) is 4.21. The summed E-state index contributed by atoms with van der Waals surface area (Å²) in [6.07, 6.45) is 0. The third-order valence-corrected chi connectivity index (χ3v) is 2.20. The first-order valence-electron chi connectivity index (χ1n) is 4.00. The van der Waals surface area contributed by atoms with Gasteiger partial charge in [-0.1, -0.05) is 6.07 Å². The highest BCUT2D eigenvalue weighted by molar-refractivity contribution is 9.10. The fraction of sp³-hybridized carbons (Fsp3) is 0.333. The smallest absolute Gasteiger partial charge is 0.133 e. The number of aliphatic hydroxyl groups is 1. The van der Waals surface area contributed by atoms with Crippen LogP contribution < -0.4 is 10.5 Å². The number of hydrogen-bond acceptors (Lipinski definition) is 3. The number of hydrogen-bond donors (Lipinski definition) is 2. The van der Waals surface area contributed by atoms with Crippen molar-refractivity contribution in [2.24, 2.45) is 5.73 Å². The van der Waals surface area contributed by atoms with Gasteiger partial charge in [0.15, 0.2) is 0 Å². The lowest BCUT2D eigenvalue weighted by molar-refractivity contribution is 0.200. The maximum atomic E-state index is 8.56. The Hall–Kier alpha value is -0.580. The van der Waals surface area contributed by atoms with Crippen molar-refractivity contribution in [1.29, 1.82) is 0 Å². The lowest BCUT2D eigenvalue weighted by Gasteiger charge is -2.07. The van der Waals surface area contributed by atoms with Crippen LogP contribution in [-0.4, -0.2) is 18.3 Å². The van der Waals surface area contributed by atoms with Crippen LogP contribution in [0.15, 0.2) is 22.7 Å². The zero-order chi connectivity index (χ0) is 9.68. The predicted molar refractivity (Wildman–Crippen MR) is 54.6 cm³/mol. The van der Waals surface area contributed by atoms with Gasteiger partial charge in [0.05, 0.1) is 11.1 Å². The first-order valence-corrected chi connectivity index (χ1v) is 4.79. The van der Waals surface area contributed by atoms with Gasteiger partial charge < -0.3 is 15.6 Å². The average molecular weight is 246 g/mol. The number of ether oxygens (including phenoxy) is 1. The monoisotopic (exact) mass is 245 g/mol. The van der Waals surface area contributed by atoms with Crippen LogP contribution in [0.25, 0.3) is 0 Å². The third-order valence-electron chi connectivity index (χ3n) is 1.58.